The fourth-order valence-electron chi connectivity index (χ4n) is 7.08. The van der Waals surface area contributed by atoms with Gasteiger partial charge in [0.2, 0.25) is 0 Å². The molecular formula is C55H96O6. The van der Waals surface area contributed by atoms with Crippen LogP contribution in [0.3, 0.4) is 0 Å². The van der Waals surface area contributed by atoms with E-state index in [0.717, 1.165) is 109 Å². The molecule has 0 aromatic rings. The Morgan fingerprint density at radius 2 is 0.656 bits per heavy atom. The van der Waals surface area contributed by atoms with Crippen LogP contribution >= 0.6 is 0 Å². The molecule has 0 spiro atoms. The van der Waals surface area contributed by atoms with Gasteiger partial charge in [-0.15, -0.1) is 0 Å². The highest BCUT2D eigenvalue weighted by Crippen LogP contribution is 2.14. The fraction of sp³-hybridized carbons (Fsp3) is 0.764. The van der Waals surface area contributed by atoms with Crippen LogP contribution in [0.4, 0.5) is 0 Å². The van der Waals surface area contributed by atoms with Gasteiger partial charge < -0.3 is 14.2 Å². The summed E-state index contributed by atoms with van der Waals surface area (Å²) in [6.45, 7) is 6.46. The molecule has 61 heavy (non-hydrogen) atoms. The van der Waals surface area contributed by atoms with Crippen LogP contribution in [0, 0.1) is 0 Å². The number of hydrogen-bond donors (Lipinski definition) is 0. The molecule has 0 fully saturated rings. The Bertz CT molecular complexity index is 1120. The summed E-state index contributed by atoms with van der Waals surface area (Å²) in [4.78, 5) is 37.9. The summed E-state index contributed by atoms with van der Waals surface area (Å²) >= 11 is 0. The average molecular weight is 853 g/mol. The van der Waals surface area contributed by atoms with Crippen LogP contribution in [0.15, 0.2) is 60.8 Å². The predicted octanol–water partition coefficient (Wildman–Crippen LogP) is 16.9. The first-order valence-corrected chi connectivity index (χ1v) is 25.8. The molecule has 6 nitrogen and oxygen atoms in total. The molecule has 0 amide bonds. The topological polar surface area (TPSA) is 78.9 Å². The first-order chi connectivity index (χ1) is 30.0. The smallest absolute Gasteiger partial charge is 0.306 e. The van der Waals surface area contributed by atoms with Crippen molar-refractivity contribution in [3.05, 3.63) is 60.8 Å². The van der Waals surface area contributed by atoms with Crippen molar-refractivity contribution in [1.82, 2.24) is 0 Å². The third-order valence-electron chi connectivity index (χ3n) is 11.0. The summed E-state index contributed by atoms with van der Waals surface area (Å²) < 4.78 is 16.8. The van der Waals surface area contributed by atoms with Gasteiger partial charge in [0.25, 0.3) is 0 Å². The first-order valence-electron chi connectivity index (χ1n) is 25.8. The molecule has 6 heteroatoms. The Hall–Kier alpha value is -2.89. The molecule has 0 radical (unpaired) electrons. The minimum absolute atomic E-state index is 0.0852. The van der Waals surface area contributed by atoms with Crippen molar-refractivity contribution in [2.75, 3.05) is 13.2 Å². The second kappa shape index (κ2) is 49.8. The molecule has 0 heterocycles. The highest BCUT2D eigenvalue weighted by molar-refractivity contribution is 5.71. The summed E-state index contributed by atoms with van der Waals surface area (Å²) in [6.07, 6.45) is 60.6. The normalized spacial score (nSPS) is 12.5. The van der Waals surface area contributed by atoms with Gasteiger partial charge in [-0.3, -0.25) is 14.4 Å². The largest absolute Gasteiger partial charge is 0.462 e. The fourth-order valence-corrected chi connectivity index (χ4v) is 7.08. The van der Waals surface area contributed by atoms with Gasteiger partial charge in [-0.1, -0.05) is 197 Å². The van der Waals surface area contributed by atoms with Crippen molar-refractivity contribution < 1.29 is 28.6 Å². The van der Waals surface area contributed by atoms with Crippen molar-refractivity contribution in [2.24, 2.45) is 0 Å². The maximum atomic E-state index is 12.8. The van der Waals surface area contributed by atoms with Gasteiger partial charge in [0.15, 0.2) is 6.10 Å². The number of ether oxygens (including phenoxy) is 3. The van der Waals surface area contributed by atoms with Crippen LogP contribution in [0.5, 0.6) is 0 Å². The van der Waals surface area contributed by atoms with E-state index in [2.05, 4.69) is 81.5 Å². The summed E-state index contributed by atoms with van der Waals surface area (Å²) in [5.74, 6) is -0.914. The molecule has 0 aliphatic heterocycles. The summed E-state index contributed by atoms with van der Waals surface area (Å²) in [6, 6.07) is 0. The van der Waals surface area contributed by atoms with Gasteiger partial charge >= 0.3 is 17.9 Å². The first kappa shape index (κ1) is 58.1. The molecule has 0 aromatic heterocycles. The molecular weight excluding hydrogens is 757 g/mol. The minimum Gasteiger partial charge on any atom is -0.462 e. The van der Waals surface area contributed by atoms with Crippen molar-refractivity contribution in [2.45, 2.75) is 258 Å². The molecule has 0 aliphatic carbocycles. The van der Waals surface area contributed by atoms with Crippen molar-refractivity contribution in [3.8, 4) is 0 Å². The lowest BCUT2D eigenvalue weighted by molar-refractivity contribution is -0.167. The number of carbonyl (C=O) groups is 3. The zero-order valence-corrected chi connectivity index (χ0v) is 40.2. The molecule has 1 atom stereocenters. The second-order valence-corrected chi connectivity index (χ2v) is 17.0. The number of unbranched alkanes of at least 4 members (excludes halogenated alkanes) is 25. The molecule has 0 N–H and O–H groups in total. The van der Waals surface area contributed by atoms with E-state index in [0.29, 0.717) is 19.3 Å². The van der Waals surface area contributed by atoms with E-state index in [1.54, 1.807) is 0 Å². The monoisotopic (exact) mass is 853 g/mol. The molecule has 352 valence electrons. The number of allylic oxidation sites excluding steroid dienone is 10. The zero-order chi connectivity index (χ0) is 44.4. The maximum absolute atomic E-state index is 12.8. The molecule has 0 saturated carbocycles. The second-order valence-electron chi connectivity index (χ2n) is 17.0. The molecule has 0 aromatic carbocycles. The Balaban J connectivity index is 4.37. The van der Waals surface area contributed by atoms with Gasteiger partial charge in [0, 0.05) is 19.3 Å². The van der Waals surface area contributed by atoms with Gasteiger partial charge in [0.1, 0.15) is 13.2 Å². The number of carbonyl (C=O) groups excluding carboxylic acids is 3. The standard InChI is InChI=1S/C55H96O6/c1-4-7-10-13-16-19-22-24-26-27-29-31-34-36-39-42-45-48-54(57)60-51-52(61-55(58)49-46-43-40-37-32-21-18-15-12-9-6-3)50-59-53(56)47-44-41-38-35-33-30-28-25-23-20-17-14-11-8-5-2/h8,11,15,17-18,20,24-26,28,52H,4-7,9-10,12-14,16,19,21-23,27,29-51H2,1-3H3/b11-8-,18-15-,20-17-,26-24-,28-25-/t52-/m1/s1. The van der Waals surface area contributed by atoms with E-state index in [-0.39, 0.29) is 31.1 Å². The van der Waals surface area contributed by atoms with Gasteiger partial charge in [-0.2, -0.15) is 0 Å². The summed E-state index contributed by atoms with van der Waals surface area (Å²) in [7, 11) is 0. The third-order valence-corrected chi connectivity index (χ3v) is 11.0. The van der Waals surface area contributed by atoms with Gasteiger partial charge in [-0.25, -0.2) is 0 Å². The quantitative estimate of drug-likeness (QED) is 0.0263. The molecule has 0 saturated heterocycles. The highest BCUT2D eigenvalue weighted by atomic mass is 16.6. The van der Waals surface area contributed by atoms with Crippen molar-refractivity contribution in [3.63, 3.8) is 0 Å². The van der Waals surface area contributed by atoms with E-state index in [1.807, 2.05) is 0 Å². The number of esters is 3. The Morgan fingerprint density at radius 1 is 0.344 bits per heavy atom. The maximum Gasteiger partial charge on any atom is 0.306 e. The summed E-state index contributed by atoms with van der Waals surface area (Å²) in [5, 5.41) is 0. The highest BCUT2D eigenvalue weighted by Gasteiger charge is 2.19. The molecule has 0 unspecified atom stereocenters. The van der Waals surface area contributed by atoms with Crippen LogP contribution in [-0.2, 0) is 28.6 Å². The predicted molar refractivity (Wildman–Crippen MR) is 261 cm³/mol. The van der Waals surface area contributed by atoms with E-state index < -0.39 is 6.10 Å². The van der Waals surface area contributed by atoms with Crippen LogP contribution in [0.25, 0.3) is 0 Å². The van der Waals surface area contributed by atoms with E-state index >= 15 is 0 Å². The minimum atomic E-state index is -0.785. The van der Waals surface area contributed by atoms with E-state index in [9.17, 15) is 14.4 Å². The van der Waals surface area contributed by atoms with Crippen LogP contribution in [-0.4, -0.2) is 37.2 Å². The SMILES string of the molecule is CC/C=C\C/C=C\C/C=C\CCCCCCCC(=O)OC[C@H](COC(=O)CCCCCCCCC/C=C\CCCCCCCC)OC(=O)CCCCCCC/C=C\CCCC. The third kappa shape index (κ3) is 48.0. The van der Waals surface area contributed by atoms with Crippen LogP contribution in [0.1, 0.15) is 252 Å². The van der Waals surface area contributed by atoms with Crippen LogP contribution in [0.2, 0.25) is 0 Å². The Kier molecular flexibility index (Phi) is 47.4. The summed E-state index contributed by atoms with van der Waals surface area (Å²) in [5.41, 5.74) is 0. The molecule has 0 rings (SSSR count). The molecule has 0 bridgehead atoms. The lowest BCUT2D eigenvalue weighted by Gasteiger charge is -2.18. The number of rotatable bonds is 46. The van der Waals surface area contributed by atoms with Crippen molar-refractivity contribution >= 4 is 17.9 Å². The van der Waals surface area contributed by atoms with Crippen molar-refractivity contribution in [1.29, 1.82) is 0 Å². The van der Waals surface area contributed by atoms with E-state index in [1.165, 1.54) is 103 Å². The van der Waals surface area contributed by atoms with Gasteiger partial charge in [0.05, 0.1) is 0 Å². The average Bonchev–Trinajstić information content (AvgIpc) is 3.26. The van der Waals surface area contributed by atoms with E-state index in [4.69, 9.17) is 14.2 Å². The Labute approximate surface area is 377 Å². The Morgan fingerprint density at radius 3 is 1.07 bits per heavy atom. The lowest BCUT2D eigenvalue weighted by Crippen LogP contribution is -2.30. The molecule has 0 aliphatic rings. The van der Waals surface area contributed by atoms with Gasteiger partial charge in [-0.05, 0) is 96.3 Å². The van der Waals surface area contributed by atoms with Crippen LogP contribution < -0.4 is 0 Å². The lowest BCUT2D eigenvalue weighted by atomic mass is 10.1. The zero-order valence-electron chi connectivity index (χ0n) is 40.2. The number of hydrogen-bond acceptors (Lipinski definition) is 6.